The molecule has 0 spiro atoms. The van der Waals surface area contributed by atoms with E-state index in [9.17, 15) is 74.9 Å². The number of ether oxygens (including phenoxy) is 8. The quantitative estimate of drug-likeness (QED) is 0.00607. The van der Waals surface area contributed by atoms with Crippen LogP contribution in [0.25, 0.3) is 0 Å². The number of nitro groups is 2. The van der Waals surface area contributed by atoms with Crippen LogP contribution in [-0.2, 0) is 127 Å². The van der Waals surface area contributed by atoms with Gasteiger partial charge in [0.25, 0.3) is 55.2 Å². The second-order valence-electron chi connectivity index (χ2n) is 37.4. The number of hydroxylamine groups is 2. The van der Waals surface area contributed by atoms with Crippen LogP contribution in [0.4, 0.5) is 34.1 Å². The van der Waals surface area contributed by atoms with Crippen molar-refractivity contribution in [1.29, 1.82) is 0 Å². The summed E-state index contributed by atoms with van der Waals surface area (Å²) in [5.74, 6) is -2.60. The van der Waals surface area contributed by atoms with E-state index in [1.807, 2.05) is 101 Å². The van der Waals surface area contributed by atoms with E-state index >= 15 is 0 Å². The zero-order valence-electron chi connectivity index (χ0n) is 83.6. The predicted octanol–water partition coefficient (Wildman–Crippen LogP) is 16.1. The molecule has 1 saturated heterocycles. The number of nitro benzene ring substituents is 2. The third-order valence-electron chi connectivity index (χ3n) is 25.6. The zero-order valence-corrected chi connectivity index (χ0v) is 85.2. The summed E-state index contributed by atoms with van der Waals surface area (Å²) < 4.78 is 118. The first-order chi connectivity index (χ1) is 68.8. The minimum absolute atomic E-state index is 0.0326. The van der Waals surface area contributed by atoms with Gasteiger partial charge >= 0.3 is 5.97 Å². The van der Waals surface area contributed by atoms with Crippen molar-refractivity contribution in [3.05, 3.63) is 295 Å². The Morgan fingerprint density at radius 1 is 0.424 bits per heavy atom. The van der Waals surface area contributed by atoms with Crippen molar-refractivity contribution < 1.29 is 116 Å². The van der Waals surface area contributed by atoms with Gasteiger partial charge in [0.2, 0.25) is 17.3 Å². The molecule has 6 heterocycles. The van der Waals surface area contributed by atoms with Crippen LogP contribution < -0.4 is 15.1 Å². The molecule has 144 heavy (non-hydrogen) atoms. The Balaban J connectivity index is 0.000000275. The summed E-state index contributed by atoms with van der Waals surface area (Å²) in [6, 6.07) is 34.9. The largest absolute Gasteiger partial charge is 0.377 e. The molecular weight excluding hydrogens is 1890 g/mol. The van der Waals surface area contributed by atoms with Gasteiger partial charge in [0.05, 0.1) is 136 Å². The van der Waals surface area contributed by atoms with E-state index in [0.717, 1.165) is 85.6 Å². The lowest BCUT2D eigenvalue weighted by atomic mass is 9.81. The molecule has 0 aliphatic carbocycles. The molecule has 0 bridgehead atoms. The van der Waals surface area contributed by atoms with Gasteiger partial charge in [-0.05, 0) is 162 Å². The maximum atomic E-state index is 12.5. The molecule has 6 aromatic carbocycles. The average Bonchev–Trinajstić information content (AvgIpc) is 1.60. The maximum Gasteiger partial charge on any atom is 0.333 e. The van der Waals surface area contributed by atoms with Gasteiger partial charge in [-0.25, -0.2) is 4.79 Å². The van der Waals surface area contributed by atoms with E-state index in [1.165, 1.54) is 82.9 Å². The molecule has 5 amide bonds. The highest BCUT2D eigenvalue weighted by atomic mass is 32.2. The number of nitrogens with one attached hydrogen (secondary N) is 1. The number of imide groups is 2. The van der Waals surface area contributed by atoms with E-state index in [2.05, 4.69) is 114 Å². The number of hydrogen-bond donors (Lipinski definition) is 3. The Morgan fingerprint density at radius 2 is 0.792 bits per heavy atom. The molecule has 6 aliphatic rings. The van der Waals surface area contributed by atoms with E-state index in [0.29, 0.717) is 169 Å². The van der Waals surface area contributed by atoms with Crippen LogP contribution in [0.5, 0.6) is 0 Å². The third-order valence-corrected chi connectivity index (χ3v) is 27.3. The van der Waals surface area contributed by atoms with Crippen LogP contribution in [0, 0.1) is 34.1 Å². The summed E-state index contributed by atoms with van der Waals surface area (Å²) in [5, 5.41) is 25.0. The second-order valence-corrected chi connectivity index (χ2v) is 40.2. The molecule has 0 atom stereocenters. The number of rotatable bonds is 56. The maximum absolute atomic E-state index is 12.5. The van der Waals surface area contributed by atoms with Crippen LogP contribution in [0.3, 0.4) is 0 Å². The zero-order chi connectivity index (χ0) is 104. The molecule has 34 nitrogen and oxygen atoms in total. The lowest BCUT2D eigenvalue weighted by Gasteiger charge is -2.27. The van der Waals surface area contributed by atoms with Crippen molar-refractivity contribution in [2.24, 2.45) is 0 Å². The van der Waals surface area contributed by atoms with Crippen molar-refractivity contribution in [2.75, 3.05) is 142 Å². The number of non-ortho nitro benzene ring substituents is 2. The number of amides is 5. The van der Waals surface area contributed by atoms with Crippen molar-refractivity contribution in [3.63, 3.8) is 0 Å². The van der Waals surface area contributed by atoms with Gasteiger partial charge in [0.15, 0.2) is 11.4 Å². The summed E-state index contributed by atoms with van der Waals surface area (Å²) in [4.78, 5) is 103. The number of benzene rings is 6. The van der Waals surface area contributed by atoms with Crippen LogP contribution in [0.2, 0.25) is 0 Å². The number of aryl methyl sites for hydroxylation is 2. The molecular formula is C108H133N9O25S2+2. The average molecular weight is 2020 g/mol. The van der Waals surface area contributed by atoms with Crippen LogP contribution in [-0.4, -0.2) is 234 Å². The summed E-state index contributed by atoms with van der Waals surface area (Å²) in [7, 11) is -8.85. The highest BCUT2D eigenvalue weighted by Gasteiger charge is 2.48. The van der Waals surface area contributed by atoms with Crippen LogP contribution >= 0.6 is 0 Å². The first-order valence-corrected chi connectivity index (χ1v) is 51.4. The standard InChI is InChI=1S/C55H67N5O12S.C53H64N4O13S/c1-41-17-23-47-45(38-41)54(2,3)50(58(47)30-31-69-32-33-70-34-35-71-36-37-72-40-42-18-20-43(21-19-42)60(64)65)15-11-8-6-7-10-14-49-55(4,5)46-39-44(73(66,67)68)22-24-48(46)57(49)28-13-9-12-16-51(61)56-27-29-59-52(62)25-26-53(59)63;1-39-17-23-45-43(36-39)52(2,3)48(55(45)28-29-66-30-31-67-32-33-68-34-35-69-38-40-18-20-41(21-19-40)57(61)62)15-11-8-6-7-10-14-47-53(4,5)44-37-42(71(63,64)65)22-24-46(44)54(47)27-13-9-12-16-51(60)70-56-49(58)25-26-50(56)59/h6-8,10-11,14-15,17-26,38-39H,9,12-13,16,27-37,40H2,1-5H3,(H-,56,61,66,67,68);6-8,10-11,14-15,17-24,36-37H,9,12-13,16,25-35,38H2,1-5H3/p+2. The minimum atomic E-state index is -4.43. The van der Waals surface area contributed by atoms with E-state index in [-0.39, 0.29) is 82.1 Å². The molecule has 0 radical (unpaired) electrons. The molecule has 770 valence electrons. The first kappa shape index (κ1) is 112. The summed E-state index contributed by atoms with van der Waals surface area (Å²) >= 11 is 0. The van der Waals surface area contributed by atoms with Crippen molar-refractivity contribution in [3.8, 4) is 0 Å². The Labute approximate surface area is 842 Å². The van der Waals surface area contributed by atoms with E-state index < -0.39 is 58.7 Å². The minimum Gasteiger partial charge on any atom is -0.377 e. The smallest absolute Gasteiger partial charge is 0.333 e. The summed E-state index contributed by atoms with van der Waals surface area (Å²) in [6.45, 7) is 30.7. The molecule has 36 heteroatoms. The number of allylic oxidation sites excluding steroid dienone is 16. The third kappa shape index (κ3) is 30.8. The van der Waals surface area contributed by atoms with Crippen LogP contribution in [0.15, 0.2) is 240 Å². The molecule has 0 unspecified atom stereocenters. The summed E-state index contributed by atoms with van der Waals surface area (Å²) in [6.07, 6.45) is 34.8. The fraction of sp³-hybridized carbons (Fsp3) is 0.426. The van der Waals surface area contributed by atoms with Gasteiger partial charge in [0, 0.05) is 170 Å². The van der Waals surface area contributed by atoms with Crippen molar-refractivity contribution >= 4 is 101 Å². The van der Waals surface area contributed by atoms with E-state index in [4.69, 9.17) is 42.7 Å². The highest BCUT2D eigenvalue weighted by molar-refractivity contribution is 7.86. The Kier molecular flexibility index (Phi) is 41.0. The number of anilines is 2. The molecule has 12 rings (SSSR count). The molecule has 3 N–H and O–H groups in total. The topological polar surface area (TPSA) is 412 Å². The molecule has 0 aromatic heterocycles. The van der Waals surface area contributed by atoms with Gasteiger partial charge in [0.1, 0.15) is 13.1 Å². The number of nitrogens with zero attached hydrogens (tertiary/aromatic N) is 8. The monoisotopic (exact) mass is 2020 g/mol. The van der Waals surface area contributed by atoms with Gasteiger partial charge in [-0.1, -0.05) is 124 Å². The van der Waals surface area contributed by atoms with Gasteiger partial charge in [-0.3, -0.25) is 58.2 Å². The Bertz CT molecular complexity index is 6170. The lowest BCUT2D eigenvalue weighted by molar-refractivity contribution is -0.438. The van der Waals surface area contributed by atoms with E-state index in [1.54, 1.807) is 36.4 Å². The molecule has 6 aliphatic heterocycles. The lowest BCUT2D eigenvalue weighted by Crippen LogP contribution is -2.38. The predicted molar refractivity (Wildman–Crippen MR) is 546 cm³/mol. The fourth-order valence-corrected chi connectivity index (χ4v) is 18.9. The van der Waals surface area contributed by atoms with Gasteiger partial charge < -0.3 is 57.8 Å². The number of unbranched alkanes of at least 4 members (excludes halogenated alkanes) is 4. The SMILES string of the molecule is Cc1ccc2c(c1)C(C)(C)C(=CC=CC=CC=CC1=[N+](CCCCCC(=O)NCCN3C(=O)C=CC3=O)c3ccc(S(=O)(=O)O)cc3C1(C)C)N2CCOCCOCCOCCOCc1ccc([N+](=O)[O-])cc1.Cc1ccc2c(c1)C(C)(C)C(=CC=CC=CC=CC1=[N+](CCCCCC(=O)ON3C(=O)CCC3=O)c3ccc(S(=O)(=O)O)cc3C1(C)C)N2CCOCCOCCOCCOCc1ccc([N+](=O)[O-])cc1. The van der Waals surface area contributed by atoms with Gasteiger partial charge in [-0.2, -0.15) is 26.0 Å². The number of hydrogen-bond acceptors (Lipinski definition) is 25. The Hall–Kier alpha value is -12.6. The molecule has 0 saturated carbocycles. The van der Waals surface area contributed by atoms with Gasteiger partial charge in [-0.15, -0.1) is 5.06 Å². The second kappa shape index (κ2) is 52.8. The molecule has 6 aromatic rings. The normalized spacial score (nSPS) is 16.8. The number of carbonyl (C=O) groups excluding carboxylic acids is 6. The van der Waals surface area contributed by atoms with Crippen molar-refractivity contribution in [2.45, 2.75) is 178 Å². The highest BCUT2D eigenvalue weighted by Crippen LogP contribution is 2.50. The number of fused-ring (bicyclic) bond motifs is 4. The van der Waals surface area contributed by atoms with Crippen molar-refractivity contribution in [1.82, 2.24) is 15.3 Å². The fourth-order valence-electron chi connectivity index (χ4n) is 17.9. The molecule has 1 fully saturated rings. The first-order valence-electron chi connectivity index (χ1n) is 48.5. The summed E-state index contributed by atoms with van der Waals surface area (Å²) in [5.41, 5.74) is 14.6. The Morgan fingerprint density at radius 3 is 1.18 bits per heavy atom. The number of carbonyl (C=O) groups is 6. The van der Waals surface area contributed by atoms with Crippen LogP contribution in [0.1, 0.15) is 164 Å².